The monoisotopic (exact) mass is 232 g/mol. The van der Waals surface area contributed by atoms with Crippen LogP contribution in [0.25, 0.3) is 11.3 Å². The summed E-state index contributed by atoms with van der Waals surface area (Å²) < 4.78 is 5.11. The zero-order valence-corrected chi connectivity index (χ0v) is 9.09. The molecule has 0 aliphatic rings. The van der Waals surface area contributed by atoms with Gasteiger partial charge >= 0.3 is 5.97 Å². The highest BCUT2D eigenvalue weighted by atomic mass is 16.5. The number of aromatic nitrogens is 1. The van der Waals surface area contributed by atoms with Crippen molar-refractivity contribution in [2.24, 2.45) is 5.73 Å². The lowest BCUT2D eigenvalue weighted by Crippen LogP contribution is -2.08. The van der Waals surface area contributed by atoms with Gasteiger partial charge in [0.1, 0.15) is 0 Å². The van der Waals surface area contributed by atoms with Crippen LogP contribution in [-0.2, 0) is 6.42 Å². The molecule has 1 aromatic heterocycles. The minimum Gasteiger partial charge on any atom is -0.476 e. The van der Waals surface area contributed by atoms with Gasteiger partial charge in [-0.3, -0.25) is 0 Å². The molecule has 0 fully saturated rings. The maximum Gasteiger partial charge on any atom is 0.358 e. The van der Waals surface area contributed by atoms with E-state index in [1.54, 1.807) is 0 Å². The number of carboxylic acids is 1. The molecule has 3 N–H and O–H groups in total. The quantitative estimate of drug-likeness (QED) is 0.834. The summed E-state index contributed by atoms with van der Waals surface area (Å²) in [7, 11) is 0. The Morgan fingerprint density at radius 2 is 2.06 bits per heavy atom. The smallest absolute Gasteiger partial charge is 0.358 e. The Hall–Kier alpha value is -2.14. The first-order valence-corrected chi connectivity index (χ1v) is 5.21. The summed E-state index contributed by atoms with van der Waals surface area (Å²) in [5, 5.41) is 12.6. The van der Waals surface area contributed by atoms with Crippen LogP contribution in [0.5, 0.6) is 0 Å². The van der Waals surface area contributed by atoms with Crippen molar-refractivity contribution in [3.05, 3.63) is 41.6 Å². The molecule has 0 atom stereocenters. The second kappa shape index (κ2) is 4.80. The predicted octanol–water partition coefficient (Wildman–Crippen LogP) is 1.54. The van der Waals surface area contributed by atoms with Gasteiger partial charge in [-0.1, -0.05) is 35.5 Å². The van der Waals surface area contributed by atoms with E-state index < -0.39 is 5.97 Å². The maximum atomic E-state index is 11.0. The molecule has 1 aromatic carbocycles. The third kappa shape index (κ3) is 2.19. The fourth-order valence-electron chi connectivity index (χ4n) is 1.67. The zero-order chi connectivity index (χ0) is 12.3. The third-order valence-electron chi connectivity index (χ3n) is 2.42. The third-order valence-corrected chi connectivity index (χ3v) is 2.42. The molecule has 0 aliphatic carbocycles. The summed E-state index contributed by atoms with van der Waals surface area (Å²) in [5.41, 5.74) is 6.76. The van der Waals surface area contributed by atoms with Crippen molar-refractivity contribution in [2.75, 3.05) is 6.54 Å². The van der Waals surface area contributed by atoms with E-state index in [0.717, 1.165) is 5.56 Å². The molecule has 0 saturated carbocycles. The average molecular weight is 232 g/mol. The van der Waals surface area contributed by atoms with E-state index >= 15 is 0 Å². The van der Waals surface area contributed by atoms with Gasteiger partial charge in [0.05, 0.1) is 0 Å². The number of carboxylic acid groups (broad SMARTS) is 1. The number of hydrogen-bond acceptors (Lipinski definition) is 4. The summed E-state index contributed by atoms with van der Waals surface area (Å²) >= 11 is 0. The zero-order valence-electron chi connectivity index (χ0n) is 9.09. The Labute approximate surface area is 97.8 Å². The van der Waals surface area contributed by atoms with Crippen LogP contribution in [0.3, 0.4) is 0 Å². The molecule has 0 bridgehead atoms. The first-order valence-electron chi connectivity index (χ1n) is 5.21. The summed E-state index contributed by atoms with van der Waals surface area (Å²) in [6.45, 7) is 0.349. The standard InChI is InChI=1S/C12H12N2O3/c13-7-6-9-10(12(15)16)14-17-11(9)8-4-2-1-3-5-8/h1-5H,6-7,13H2,(H,15,16). The van der Waals surface area contributed by atoms with E-state index in [-0.39, 0.29) is 5.69 Å². The van der Waals surface area contributed by atoms with Crippen LogP contribution in [-0.4, -0.2) is 22.8 Å². The Morgan fingerprint density at radius 3 is 2.65 bits per heavy atom. The molecule has 0 radical (unpaired) electrons. The van der Waals surface area contributed by atoms with E-state index in [4.69, 9.17) is 15.4 Å². The van der Waals surface area contributed by atoms with Gasteiger partial charge < -0.3 is 15.4 Å². The largest absolute Gasteiger partial charge is 0.476 e. The number of carbonyl (C=O) groups is 1. The highest BCUT2D eigenvalue weighted by molar-refractivity contribution is 5.89. The Balaban J connectivity index is 2.51. The van der Waals surface area contributed by atoms with Crippen molar-refractivity contribution in [3.63, 3.8) is 0 Å². The molecule has 1 heterocycles. The summed E-state index contributed by atoms with van der Waals surface area (Å²) in [4.78, 5) is 11.0. The van der Waals surface area contributed by atoms with Crippen molar-refractivity contribution in [1.29, 1.82) is 0 Å². The second-order valence-electron chi connectivity index (χ2n) is 3.55. The lowest BCUT2D eigenvalue weighted by Gasteiger charge is -2.00. The van der Waals surface area contributed by atoms with Gasteiger partial charge in [-0.05, 0) is 13.0 Å². The van der Waals surface area contributed by atoms with Crippen LogP contribution in [0.4, 0.5) is 0 Å². The van der Waals surface area contributed by atoms with Gasteiger partial charge in [-0.15, -0.1) is 0 Å². The molecule has 17 heavy (non-hydrogen) atoms. The highest BCUT2D eigenvalue weighted by Gasteiger charge is 2.21. The molecule has 88 valence electrons. The number of hydrogen-bond donors (Lipinski definition) is 2. The molecule has 2 rings (SSSR count). The molecule has 0 saturated heterocycles. The lowest BCUT2D eigenvalue weighted by atomic mass is 10.0. The molecular weight excluding hydrogens is 220 g/mol. The molecule has 0 unspecified atom stereocenters. The first kappa shape index (κ1) is 11.3. The van der Waals surface area contributed by atoms with Gasteiger partial charge in [0.15, 0.2) is 11.5 Å². The maximum absolute atomic E-state index is 11.0. The van der Waals surface area contributed by atoms with E-state index in [1.807, 2.05) is 30.3 Å². The lowest BCUT2D eigenvalue weighted by molar-refractivity contribution is 0.0685. The molecule has 2 aromatic rings. The minimum absolute atomic E-state index is 0.0608. The summed E-state index contributed by atoms with van der Waals surface area (Å²) in [6, 6.07) is 9.26. The van der Waals surface area contributed by atoms with E-state index in [1.165, 1.54) is 0 Å². The van der Waals surface area contributed by atoms with Gasteiger partial charge in [0.25, 0.3) is 0 Å². The van der Waals surface area contributed by atoms with Gasteiger partial charge in [0.2, 0.25) is 0 Å². The normalized spacial score (nSPS) is 10.4. The molecular formula is C12H12N2O3. The average Bonchev–Trinajstić information content (AvgIpc) is 2.75. The molecule has 0 spiro atoms. The Bertz CT molecular complexity index is 520. The van der Waals surface area contributed by atoms with Crippen LogP contribution in [0, 0.1) is 0 Å². The fourth-order valence-corrected chi connectivity index (χ4v) is 1.67. The summed E-state index contributed by atoms with van der Waals surface area (Å²) in [6.07, 6.45) is 0.426. The van der Waals surface area contributed by atoms with E-state index in [0.29, 0.717) is 24.3 Å². The Morgan fingerprint density at radius 1 is 1.35 bits per heavy atom. The number of rotatable bonds is 4. The van der Waals surface area contributed by atoms with Crippen LogP contribution in [0.15, 0.2) is 34.9 Å². The van der Waals surface area contributed by atoms with Crippen molar-refractivity contribution in [1.82, 2.24) is 5.16 Å². The van der Waals surface area contributed by atoms with Gasteiger partial charge in [0, 0.05) is 11.1 Å². The Kier molecular flexibility index (Phi) is 3.20. The van der Waals surface area contributed by atoms with Crippen molar-refractivity contribution >= 4 is 5.97 Å². The van der Waals surface area contributed by atoms with Gasteiger partial charge in [-0.25, -0.2) is 4.79 Å². The van der Waals surface area contributed by atoms with Crippen molar-refractivity contribution in [3.8, 4) is 11.3 Å². The minimum atomic E-state index is -1.10. The molecule has 0 amide bonds. The molecule has 5 nitrogen and oxygen atoms in total. The fraction of sp³-hybridized carbons (Fsp3) is 0.167. The number of aromatic carboxylic acids is 1. The highest BCUT2D eigenvalue weighted by Crippen LogP contribution is 2.26. The van der Waals surface area contributed by atoms with Crippen molar-refractivity contribution < 1.29 is 14.4 Å². The topological polar surface area (TPSA) is 89.4 Å². The second-order valence-corrected chi connectivity index (χ2v) is 3.55. The number of nitrogens with zero attached hydrogens (tertiary/aromatic N) is 1. The first-order chi connectivity index (χ1) is 8.24. The van der Waals surface area contributed by atoms with Crippen molar-refractivity contribution in [2.45, 2.75) is 6.42 Å². The van der Waals surface area contributed by atoms with E-state index in [2.05, 4.69) is 5.16 Å². The predicted molar refractivity (Wildman–Crippen MR) is 61.7 cm³/mol. The number of nitrogens with two attached hydrogens (primary N) is 1. The molecule has 5 heteroatoms. The van der Waals surface area contributed by atoms with Crippen LogP contribution < -0.4 is 5.73 Å². The van der Waals surface area contributed by atoms with Crippen LogP contribution in [0.1, 0.15) is 16.1 Å². The van der Waals surface area contributed by atoms with Gasteiger partial charge in [-0.2, -0.15) is 0 Å². The SMILES string of the molecule is NCCc1c(C(=O)O)noc1-c1ccccc1. The number of benzene rings is 1. The van der Waals surface area contributed by atoms with Crippen LogP contribution >= 0.6 is 0 Å². The molecule has 0 aliphatic heterocycles. The summed E-state index contributed by atoms with van der Waals surface area (Å²) in [5.74, 6) is -0.618. The van der Waals surface area contributed by atoms with E-state index in [9.17, 15) is 4.79 Å². The van der Waals surface area contributed by atoms with Crippen LogP contribution in [0.2, 0.25) is 0 Å².